The fourth-order valence-corrected chi connectivity index (χ4v) is 10.7. The van der Waals surface area contributed by atoms with Crippen LogP contribution in [0.15, 0.2) is 237 Å². The lowest BCUT2D eigenvalue weighted by atomic mass is 9.70. The van der Waals surface area contributed by atoms with E-state index in [1.807, 2.05) is 6.07 Å². The molecule has 2 aliphatic carbocycles. The zero-order valence-corrected chi connectivity index (χ0v) is 34.8. The Kier molecular flexibility index (Phi) is 8.13. The minimum absolute atomic E-state index is 0.486. The van der Waals surface area contributed by atoms with Crippen LogP contribution in [-0.2, 0) is 5.41 Å². The summed E-state index contributed by atoms with van der Waals surface area (Å²) in [5, 5.41) is 0. The zero-order valence-electron chi connectivity index (χ0n) is 34.8. The number of rotatable bonds is 6. The van der Waals surface area contributed by atoms with Gasteiger partial charge in [-0.05, 0) is 103 Å². The van der Waals surface area contributed by atoms with Crippen molar-refractivity contribution in [3.63, 3.8) is 0 Å². The van der Waals surface area contributed by atoms with Crippen molar-refractivity contribution in [1.29, 1.82) is 0 Å². The molecule has 0 saturated carbocycles. The molecule has 13 rings (SSSR count). The summed E-state index contributed by atoms with van der Waals surface area (Å²) in [5.74, 6) is 2.74. The first kappa shape index (κ1) is 36.3. The summed E-state index contributed by atoms with van der Waals surface area (Å²) in [6.45, 7) is 0. The van der Waals surface area contributed by atoms with Crippen LogP contribution in [0.5, 0.6) is 23.0 Å². The van der Waals surface area contributed by atoms with E-state index in [0.29, 0.717) is 17.2 Å². The van der Waals surface area contributed by atoms with E-state index in [4.69, 9.17) is 9.47 Å². The predicted octanol–water partition coefficient (Wildman–Crippen LogP) is 16.4. The van der Waals surface area contributed by atoms with Gasteiger partial charge in [0.05, 0.1) is 16.8 Å². The van der Waals surface area contributed by atoms with Crippen LogP contribution in [0.1, 0.15) is 22.3 Å². The van der Waals surface area contributed by atoms with E-state index in [0.717, 1.165) is 67.3 Å². The molecule has 0 unspecified atom stereocenters. The molecule has 64 heavy (non-hydrogen) atoms. The lowest BCUT2D eigenvalue weighted by Crippen LogP contribution is -2.25. The second-order valence-electron chi connectivity index (χ2n) is 16.7. The summed E-state index contributed by atoms with van der Waals surface area (Å²) in [6.07, 6.45) is 0. The molecule has 300 valence electrons. The lowest BCUT2D eigenvalue weighted by molar-refractivity contribution is 0.361. The minimum atomic E-state index is -0.486. The largest absolute Gasteiger partial charge is 0.449 e. The van der Waals surface area contributed by atoms with Crippen molar-refractivity contribution in [2.75, 3.05) is 4.90 Å². The van der Waals surface area contributed by atoms with Gasteiger partial charge in [-0.3, -0.25) is 0 Å². The highest BCUT2D eigenvalue weighted by Gasteiger charge is 2.53. The molecule has 0 saturated heterocycles. The zero-order chi connectivity index (χ0) is 42.2. The Hall–Kier alpha value is -8.40. The summed E-state index contributed by atoms with van der Waals surface area (Å²) < 4.78 is 14.5. The summed E-state index contributed by atoms with van der Waals surface area (Å²) in [7, 11) is 0. The van der Waals surface area contributed by atoms with Crippen molar-refractivity contribution in [3.8, 4) is 78.6 Å². The minimum Gasteiger partial charge on any atom is -0.449 e. The van der Waals surface area contributed by atoms with Crippen molar-refractivity contribution < 1.29 is 9.47 Å². The predicted molar refractivity (Wildman–Crippen MR) is 260 cm³/mol. The van der Waals surface area contributed by atoms with E-state index in [1.165, 1.54) is 33.4 Å². The van der Waals surface area contributed by atoms with Crippen LogP contribution < -0.4 is 14.4 Å². The lowest BCUT2D eigenvalue weighted by Gasteiger charge is -2.33. The number of nitrogens with zero attached hydrogens (tertiary/aromatic N) is 1. The summed E-state index contributed by atoms with van der Waals surface area (Å²) in [6, 6.07) is 84.6. The molecule has 0 N–H and O–H groups in total. The van der Waals surface area contributed by atoms with Gasteiger partial charge < -0.3 is 14.4 Å². The average molecular weight is 818 g/mol. The highest BCUT2D eigenvalue weighted by atomic mass is 16.6. The maximum Gasteiger partial charge on any atom is 0.194 e. The van der Waals surface area contributed by atoms with Crippen LogP contribution in [0.3, 0.4) is 0 Å². The molecule has 3 nitrogen and oxygen atoms in total. The van der Waals surface area contributed by atoms with Gasteiger partial charge in [0.25, 0.3) is 0 Å². The first-order valence-electron chi connectivity index (χ1n) is 21.9. The molecule has 3 heteroatoms. The van der Waals surface area contributed by atoms with Gasteiger partial charge in [0, 0.05) is 16.8 Å². The van der Waals surface area contributed by atoms with E-state index in [1.54, 1.807) is 0 Å². The molecule has 1 aliphatic heterocycles. The van der Waals surface area contributed by atoms with Gasteiger partial charge in [0.1, 0.15) is 0 Å². The van der Waals surface area contributed by atoms with Crippen LogP contribution in [0, 0.1) is 0 Å². The molecule has 0 fully saturated rings. The Bertz CT molecular complexity index is 3400. The van der Waals surface area contributed by atoms with Gasteiger partial charge in [0.2, 0.25) is 0 Å². The van der Waals surface area contributed by atoms with Crippen molar-refractivity contribution >= 4 is 17.1 Å². The van der Waals surface area contributed by atoms with Crippen molar-refractivity contribution in [2.45, 2.75) is 5.41 Å². The molecule has 1 spiro atoms. The van der Waals surface area contributed by atoms with Crippen LogP contribution in [0.25, 0.3) is 55.6 Å². The third-order valence-electron chi connectivity index (χ3n) is 13.4. The van der Waals surface area contributed by atoms with Gasteiger partial charge >= 0.3 is 0 Å². The Morgan fingerprint density at radius 3 is 1.44 bits per heavy atom. The molecular weight excluding hydrogens is 779 g/mol. The van der Waals surface area contributed by atoms with E-state index < -0.39 is 5.41 Å². The standard InChI is InChI=1S/C61H39NO2/c1-4-19-40(20-5-1)44-36-35-43(39-49(44)42-23-8-3-9-24-42)62(54-32-17-13-25-45(54)41-21-6-2-7-22-41)55-33-18-34-56-59(55)63-57-38-37-53-58(60(57)64-56)48-28-12-16-31-52(48)61(53)50-29-14-10-26-46(50)47-27-11-15-30-51(47)61/h1-39H. The molecular formula is C61H39NO2. The first-order valence-corrected chi connectivity index (χ1v) is 21.9. The number of hydrogen-bond acceptors (Lipinski definition) is 3. The monoisotopic (exact) mass is 817 g/mol. The van der Waals surface area contributed by atoms with E-state index in [9.17, 15) is 0 Å². The molecule has 1 heterocycles. The highest BCUT2D eigenvalue weighted by molar-refractivity contribution is 5.99. The quantitative estimate of drug-likeness (QED) is 0.167. The maximum atomic E-state index is 7.25. The van der Waals surface area contributed by atoms with Gasteiger partial charge in [-0.15, -0.1) is 0 Å². The van der Waals surface area contributed by atoms with E-state index in [-0.39, 0.29) is 0 Å². The highest BCUT2D eigenvalue weighted by Crippen LogP contribution is 2.67. The number of anilines is 3. The van der Waals surface area contributed by atoms with E-state index in [2.05, 4.69) is 235 Å². The van der Waals surface area contributed by atoms with Crippen LogP contribution in [0.2, 0.25) is 0 Å². The molecule has 10 aromatic carbocycles. The Morgan fingerprint density at radius 2 is 0.781 bits per heavy atom. The van der Waals surface area contributed by atoms with Crippen molar-refractivity contribution in [2.24, 2.45) is 0 Å². The second kappa shape index (κ2) is 14.3. The van der Waals surface area contributed by atoms with Gasteiger partial charge in [-0.1, -0.05) is 200 Å². The van der Waals surface area contributed by atoms with Crippen LogP contribution >= 0.6 is 0 Å². The first-order chi connectivity index (χ1) is 31.8. The van der Waals surface area contributed by atoms with Crippen molar-refractivity contribution in [1.82, 2.24) is 0 Å². The summed E-state index contributed by atoms with van der Waals surface area (Å²) >= 11 is 0. The number of fused-ring (bicyclic) bond motifs is 13. The average Bonchev–Trinajstić information content (AvgIpc) is 3.85. The Morgan fingerprint density at radius 1 is 0.297 bits per heavy atom. The topological polar surface area (TPSA) is 21.7 Å². The van der Waals surface area contributed by atoms with Crippen LogP contribution in [-0.4, -0.2) is 0 Å². The fraction of sp³-hybridized carbons (Fsp3) is 0.0164. The molecule has 0 aromatic heterocycles. The number of para-hydroxylation sites is 2. The van der Waals surface area contributed by atoms with Crippen molar-refractivity contribution in [3.05, 3.63) is 259 Å². The summed E-state index contributed by atoms with van der Waals surface area (Å²) in [5.41, 5.74) is 19.1. The maximum absolute atomic E-state index is 7.25. The Balaban J connectivity index is 1.01. The number of benzene rings is 10. The molecule has 0 atom stereocenters. The smallest absolute Gasteiger partial charge is 0.194 e. The third-order valence-corrected chi connectivity index (χ3v) is 13.4. The number of ether oxygens (including phenoxy) is 2. The summed E-state index contributed by atoms with van der Waals surface area (Å²) in [4.78, 5) is 2.33. The number of hydrogen-bond donors (Lipinski definition) is 0. The third kappa shape index (κ3) is 5.28. The van der Waals surface area contributed by atoms with Gasteiger partial charge in [-0.2, -0.15) is 0 Å². The molecule has 10 aromatic rings. The second-order valence-corrected chi connectivity index (χ2v) is 16.7. The molecule has 0 bridgehead atoms. The van der Waals surface area contributed by atoms with Gasteiger partial charge in [0.15, 0.2) is 23.0 Å². The van der Waals surface area contributed by atoms with Gasteiger partial charge in [-0.25, -0.2) is 0 Å². The fourth-order valence-electron chi connectivity index (χ4n) is 10.7. The van der Waals surface area contributed by atoms with E-state index >= 15 is 0 Å². The molecule has 3 aliphatic rings. The normalized spacial score (nSPS) is 13.1. The molecule has 0 amide bonds. The SMILES string of the molecule is c1ccc(-c2ccc(N(c3ccccc3-c3ccccc3)c3cccc4c3Oc3ccc5c(c3O4)-c3ccccc3C53c4ccccc4-c4ccccc43)cc2-c2ccccc2)cc1. The van der Waals surface area contributed by atoms with Crippen LogP contribution in [0.4, 0.5) is 17.1 Å². The molecule has 0 radical (unpaired) electrons. The Labute approximate surface area is 372 Å².